The van der Waals surface area contributed by atoms with E-state index in [2.05, 4.69) is 15.4 Å². The molecule has 29 heavy (non-hydrogen) atoms. The number of carbonyl (C=O) groups is 3. The first-order valence-electron chi connectivity index (χ1n) is 8.20. The number of hydrogen-bond acceptors (Lipinski definition) is 8. The number of carbonyl (C=O) groups excluding carboxylic acids is 3. The highest BCUT2D eigenvalue weighted by atomic mass is 32.1. The lowest BCUT2D eigenvalue weighted by Gasteiger charge is -2.22. The van der Waals surface area contributed by atoms with Gasteiger partial charge >= 0.3 is 12.2 Å². The Morgan fingerprint density at radius 1 is 1.10 bits per heavy atom. The number of rotatable bonds is 5. The molecule has 3 amide bonds. The first-order chi connectivity index (χ1) is 13.9. The minimum Gasteiger partial charge on any atom is -0.453 e. The Morgan fingerprint density at radius 2 is 1.79 bits per heavy atom. The molecule has 0 spiro atoms. The Bertz CT molecular complexity index is 899. The predicted octanol–water partition coefficient (Wildman–Crippen LogP) is 2.86. The molecule has 0 atom stereocenters. The Labute approximate surface area is 170 Å². The topological polar surface area (TPSA) is 130 Å². The number of nitrogens with one attached hydrogen (secondary N) is 3. The summed E-state index contributed by atoms with van der Waals surface area (Å²) in [6.45, 7) is -0.209. The van der Waals surface area contributed by atoms with Crippen LogP contribution in [0.1, 0.15) is 0 Å². The molecule has 0 aliphatic heterocycles. The largest absolute Gasteiger partial charge is 0.453 e. The third-order valence-corrected chi connectivity index (χ3v) is 4.55. The number of amides is 3. The molecule has 0 fully saturated rings. The minimum atomic E-state index is -0.936. The summed E-state index contributed by atoms with van der Waals surface area (Å²) in [5.74, 6) is -1.06. The first-order valence-corrected chi connectivity index (χ1v) is 9.08. The Morgan fingerprint density at radius 3 is 2.38 bits per heavy atom. The number of alkyl carbamates (subject to hydrolysis) is 1. The summed E-state index contributed by atoms with van der Waals surface area (Å²) in [6.07, 6.45) is -1.87. The SMILES string of the molecule is COCC(=O)Nc1c(-c2ccccc2)csc1N(C(=N)NC(=O)OC)C(=O)OC. The van der Waals surface area contributed by atoms with Crippen molar-refractivity contribution >= 4 is 46.1 Å². The predicted molar refractivity (Wildman–Crippen MR) is 108 cm³/mol. The van der Waals surface area contributed by atoms with Crippen molar-refractivity contribution in [2.24, 2.45) is 0 Å². The zero-order valence-corrected chi connectivity index (χ0v) is 16.8. The van der Waals surface area contributed by atoms with Crippen LogP contribution in [-0.4, -0.2) is 52.0 Å². The van der Waals surface area contributed by atoms with Gasteiger partial charge in [-0.05, 0) is 5.56 Å². The molecule has 0 aliphatic rings. The molecule has 1 heterocycles. The van der Waals surface area contributed by atoms with Crippen LogP contribution in [0.3, 0.4) is 0 Å². The summed E-state index contributed by atoms with van der Waals surface area (Å²) in [4.78, 5) is 36.9. The van der Waals surface area contributed by atoms with E-state index in [-0.39, 0.29) is 17.3 Å². The lowest BCUT2D eigenvalue weighted by atomic mass is 10.1. The second-order valence-electron chi connectivity index (χ2n) is 5.45. The molecule has 154 valence electrons. The van der Waals surface area contributed by atoms with Crippen LogP contribution in [0.25, 0.3) is 11.1 Å². The Hall–Kier alpha value is -3.44. The quantitative estimate of drug-likeness (QED) is 0.504. The zero-order valence-electron chi connectivity index (χ0n) is 16.0. The van der Waals surface area contributed by atoms with Crippen LogP contribution >= 0.6 is 11.3 Å². The summed E-state index contributed by atoms with van der Waals surface area (Å²) >= 11 is 1.08. The second kappa shape index (κ2) is 10.2. The van der Waals surface area contributed by atoms with Gasteiger partial charge in [0.2, 0.25) is 11.9 Å². The second-order valence-corrected chi connectivity index (χ2v) is 6.31. The van der Waals surface area contributed by atoms with E-state index < -0.39 is 24.1 Å². The van der Waals surface area contributed by atoms with Gasteiger partial charge in [-0.15, -0.1) is 11.3 Å². The van der Waals surface area contributed by atoms with Crippen molar-refractivity contribution in [1.82, 2.24) is 5.32 Å². The van der Waals surface area contributed by atoms with Crippen molar-refractivity contribution in [3.63, 3.8) is 0 Å². The fourth-order valence-electron chi connectivity index (χ4n) is 2.34. The van der Waals surface area contributed by atoms with Crippen molar-refractivity contribution in [3.05, 3.63) is 35.7 Å². The molecule has 1 aromatic heterocycles. The monoisotopic (exact) mass is 420 g/mol. The highest BCUT2D eigenvalue weighted by molar-refractivity contribution is 7.16. The van der Waals surface area contributed by atoms with E-state index in [0.29, 0.717) is 5.56 Å². The molecule has 1 aromatic carbocycles. The first kappa shape index (κ1) is 21.9. The molecule has 3 N–H and O–H groups in total. The van der Waals surface area contributed by atoms with Crippen LogP contribution in [-0.2, 0) is 19.0 Å². The molecule has 0 unspecified atom stereocenters. The minimum absolute atomic E-state index is 0.168. The van der Waals surface area contributed by atoms with Gasteiger partial charge in [0.05, 0.1) is 19.9 Å². The van der Waals surface area contributed by atoms with Gasteiger partial charge in [-0.3, -0.25) is 15.5 Å². The number of guanidine groups is 1. The van der Waals surface area contributed by atoms with E-state index in [0.717, 1.165) is 36.0 Å². The lowest BCUT2D eigenvalue weighted by molar-refractivity contribution is -0.119. The van der Waals surface area contributed by atoms with E-state index in [4.69, 9.17) is 14.9 Å². The van der Waals surface area contributed by atoms with Crippen LogP contribution in [0.4, 0.5) is 20.3 Å². The molecule has 11 heteroatoms. The maximum atomic E-state index is 12.4. The number of methoxy groups -OCH3 is 3. The normalized spacial score (nSPS) is 10.0. The Balaban J connectivity index is 2.56. The van der Waals surface area contributed by atoms with Gasteiger partial charge in [0, 0.05) is 18.1 Å². The van der Waals surface area contributed by atoms with E-state index >= 15 is 0 Å². The average molecular weight is 420 g/mol. The van der Waals surface area contributed by atoms with Crippen LogP contribution < -0.4 is 15.5 Å². The fraction of sp³-hybridized carbons (Fsp3) is 0.222. The molecule has 0 bridgehead atoms. The summed E-state index contributed by atoms with van der Waals surface area (Å²) < 4.78 is 14.1. The molecule has 0 aliphatic carbocycles. The van der Waals surface area contributed by atoms with E-state index in [1.54, 1.807) is 5.38 Å². The van der Waals surface area contributed by atoms with E-state index in [1.165, 1.54) is 7.11 Å². The molecule has 2 rings (SSSR count). The molecular formula is C18H20N4O6S. The van der Waals surface area contributed by atoms with E-state index in [9.17, 15) is 14.4 Å². The summed E-state index contributed by atoms with van der Waals surface area (Å²) in [5, 5.41) is 14.8. The maximum Gasteiger partial charge on any atom is 0.421 e. The standard InChI is InChI=1S/C18H20N4O6S/c1-26-9-13(23)20-14-12(11-7-5-4-6-8-11)10-29-15(14)22(18(25)28-3)16(19)21-17(24)27-2/h4-8,10H,9H2,1-3H3,(H,20,23)(H2,19,21,24). The average Bonchev–Trinajstić information content (AvgIpc) is 3.11. The van der Waals surface area contributed by atoms with Crippen LogP contribution in [0.2, 0.25) is 0 Å². The van der Waals surface area contributed by atoms with Crippen molar-refractivity contribution in [2.75, 3.05) is 38.2 Å². The van der Waals surface area contributed by atoms with Gasteiger partial charge in [-0.1, -0.05) is 30.3 Å². The van der Waals surface area contributed by atoms with Crippen molar-refractivity contribution < 1.29 is 28.6 Å². The number of ether oxygens (including phenoxy) is 3. The number of anilines is 2. The van der Waals surface area contributed by atoms with Crippen molar-refractivity contribution in [2.45, 2.75) is 0 Å². The Kier molecular flexibility index (Phi) is 7.69. The molecule has 0 saturated carbocycles. The highest BCUT2D eigenvalue weighted by Crippen LogP contribution is 2.42. The molecular weight excluding hydrogens is 400 g/mol. The number of hydrogen-bond donors (Lipinski definition) is 3. The molecule has 0 radical (unpaired) electrons. The van der Waals surface area contributed by atoms with Gasteiger partial charge in [-0.2, -0.15) is 0 Å². The summed E-state index contributed by atoms with van der Waals surface area (Å²) in [5.41, 5.74) is 1.67. The number of thiophene rings is 1. The van der Waals surface area contributed by atoms with Crippen LogP contribution in [0.15, 0.2) is 35.7 Å². The van der Waals surface area contributed by atoms with Gasteiger partial charge < -0.3 is 19.5 Å². The van der Waals surface area contributed by atoms with Gasteiger partial charge in [0.1, 0.15) is 11.6 Å². The third-order valence-electron chi connectivity index (χ3n) is 3.59. The van der Waals surface area contributed by atoms with Gasteiger partial charge in [-0.25, -0.2) is 14.5 Å². The third kappa shape index (κ3) is 5.30. The highest BCUT2D eigenvalue weighted by Gasteiger charge is 2.29. The van der Waals surface area contributed by atoms with Crippen LogP contribution in [0, 0.1) is 5.41 Å². The number of benzene rings is 1. The zero-order chi connectivity index (χ0) is 21.4. The maximum absolute atomic E-state index is 12.4. The smallest absolute Gasteiger partial charge is 0.421 e. The lowest BCUT2D eigenvalue weighted by Crippen LogP contribution is -2.46. The van der Waals surface area contributed by atoms with E-state index in [1.807, 2.05) is 30.3 Å². The summed E-state index contributed by atoms with van der Waals surface area (Å²) in [7, 11) is 3.64. The fourth-order valence-corrected chi connectivity index (χ4v) is 3.37. The van der Waals surface area contributed by atoms with Crippen molar-refractivity contribution in [1.29, 1.82) is 5.41 Å². The van der Waals surface area contributed by atoms with Gasteiger partial charge in [0.15, 0.2) is 0 Å². The molecule has 10 nitrogen and oxygen atoms in total. The van der Waals surface area contributed by atoms with Gasteiger partial charge in [0.25, 0.3) is 0 Å². The summed E-state index contributed by atoms with van der Waals surface area (Å²) in [6, 6.07) is 9.16. The van der Waals surface area contributed by atoms with Crippen LogP contribution in [0.5, 0.6) is 0 Å². The number of nitrogens with zero attached hydrogens (tertiary/aromatic N) is 1. The molecule has 0 saturated heterocycles. The van der Waals surface area contributed by atoms with Crippen molar-refractivity contribution in [3.8, 4) is 11.1 Å². The molecule has 2 aromatic rings.